The van der Waals surface area contributed by atoms with Crippen LogP contribution < -0.4 is 5.32 Å². The Balaban J connectivity index is 1.61. The average molecular weight is 368 g/mol. The molecule has 0 unspecified atom stereocenters. The van der Waals surface area contributed by atoms with Crippen molar-refractivity contribution in [3.63, 3.8) is 0 Å². The highest BCUT2D eigenvalue weighted by atomic mass is 32.1. The van der Waals surface area contributed by atoms with E-state index in [-0.39, 0.29) is 11.3 Å². The zero-order valence-electron chi connectivity index (χ0n) is 14.4. The first kappa shape index (κ1) is 16.4. The van der Waals surface area contributed by atoms with Crippen LogP contribution in [0.1, 0.15) is 36.3 Å². The Morgan fingerprint density at radius 2 is 2.12 bits per heavy atom. The third kappa shape index (κ3) is 2.97. The minimum atomic E-state index is -0.232. The number of thiophene rings is 1. The molecule has 0 radical (unpaired) electrons. The van der Waals surface area contributed by atoms with Gasteiger partial charge in [-0.25, -0.2) is 4.98 Å². The Morgan fingerprint density at radius 3 is 2.85 bits per heavy atom. The Hall–Kier alpha value is -3.07. The Labute approximate surface area is 152 Å². The number of anilines is 1. The molecule has 26 heavy (non-hydrogen) atoms. The van der Waals surface area contributed by atoms with Gasteiger partial charge in [-0.3, -0.25) is 4.79 Å². The Bertz CT molecular complexity index is 1070. The van der Waals surface area contributed by atoms with Crippen LogP contribution in [0.3, 0.4) is 0 Å². The van der Waals surface area contributed by atoms with Crippen molar-refractivity contribution in [1.82, 2.24) is 25.2 Å². The lowest BCUT2D eigenvalue weighted by Gasteiger charge is -2.11. The first-order valence-electron chi connectivity index (χ1n) is 7.95. The molecule has 0 aliphatic heterocycles. The fourth-order valence-corrected chi connectivity index (χ4v) is 3.21. The van der Waals surface area contributed by atoms with E-state index < -0.39 is 0 Å². The monoisotopic (exact) mass is 368 g/mol. The van der Waals surface area contributed by atoms with Crippen molar-refractivity contribution in [3.05, 3.63) is 46.7 Å². The molecular formula is C17H16N6O2S. The van der Waals surface area contributed by atoms with E-state index in [1.807, 2.05) is 32.2 Å². The van der Waals surface area contributed by atoms with Crippen molar-refractivity contribution in [2.24, 2.45) is 0 Å². The Kier molecular flexibility index (Phi) is 3.80. The van der Waals surface area contributed by atoms with Gasteiger partial charge >= 0.3 is 0 Å². The number of tetrazole rings is 1. The summed E-state index contributed by atoms with van der Waals surface area (Å²) in [6, 6.07) is 7.20. The van der Waals surface area contributed by atoms with Crippen molar-refractivity contribution in [2.75, 3.05) is 5.32 Å². The van der Waals surface area contributed by atoms with E-state index in [9.17, 15) is 4.79 Å². The van der Waals surface area contributed by atoms with Crippen LogP contribution in [0.25, 0.3) is 16.8 Å². The quantitative estimate of drug-likeness (QED) is 0.595. The van der Waals surface area contributed by atoms with Gasteiger partial charge in [-0.05, 0) is 40.1 Å². The van der Waals surface area contributed by atoms with Gasteiger partial charge in [-0.15, -0.1) is 16.4 Å². The first-order valence-corrected chi connectivity index (χ1v) is 8.83. The van der Waals surface area contributed by atoms with Crippen molar-refractivity contribution in [2.45, 2.75) is 26.2 Å². The number of aromatic nitrogens is 5. The van der Waals surface area contributed by atoms with Gasteiger partial charge in [0, 0.05) is 11.1 Å². The summed E-state index contributed by atoms with van der Waals surface area (Å²) in [5.41, 5.74) is 2.50. The van der Waals surface area contributed by atoms with E-state index in [0.717, 1.165) is 0 Å². The van der Waals surface area contributed by atoms with E-state index in [2.05, 4.69) is 25.8 Å². The number of hydrogen-bond donors (Lipinski definition) is 1. The second-order valence-electron chi connectivity index (χ2n) is 6.80. The van der Waals surface area contributed by atoms with Crippen LogP contribution in [-0.2, 0) is 5.41 Å². The van der Waals surface area contributed by atoms with E-state index in [1.165, 1.54) is 22.3 Å². The smallest absolute Gasteiger partial charge is 0.267 e. The second kappa shape index (κ2) is 6.03. The summed E-state index contributed by atoms with van der Waals surface area (Å²) in [6.07, 6.45) is 1.45. The van der Waals surface area contributed by atoms with Gasteiger partial charge in [0.05, 0.1) is 5.69 Å². The highest BCUT2D eigenvalue weighted by Crippen LogP contribution is 2.28. The lowest BCUT2D eigenvalue weighted by atomic mass is 9.97. The van der Waals surface area contributed by atoms with E-state index in [0.29, 0.717) is 33.2 Å². The zero-order valence-corrected chi connectivity index (χ0v) is 15.2. The van der Waals surface area contributed by atoms with Crippen LogP contribution in [-0.4, -0.2) is 31.1 Å². The van der Waals surface area contributed by atoms with Crippen LogP contribution >= 0.6 is 11.3 Å². The number of oxazole rings is 1. The maximum Gasteiger partial charge on any atom is 0.267 e. The maximum absolute atomic E-state index is 12.7. The number of amides is 1. The summed E-state index contributed by atoms with van der Waals surface area (Å²) in [4.78, 5) is 17.7. The predicted octanol–water partition coefficient (Wildman–Crippen LogP) is 3.41. The molecule has 0 aliphatic carbocycles. The lowest BCUT2D eigenvalue weighted by Crippen LogP contribution is -2.13. The molecule has 9 heteroatoms. The molecule has 1 amide bonds. The van der Waals surface area contributed by atoms with Gasteiger partial charge < -0.3 is 9.73 Å². The molecule has 0 saturated carbocycles. The summed E-state index contributed by atoms with van der Waals surface area (Å²) in [5, 5.41) is 15.8. The van der Waals surface area contributed by atoms with Crippen LogP contribution in [0.4, 0.5) is 5.69 Å². The highest BCUT2D eigenvalue weighted by Gasteiger charge is 2.21. The summed E-state index contributed by atoms with van der Waals surface area (Å²) >= 11 is 1.32. The summed E-state index contributed by atoms with van der Waals surface area (Å²) in [5.74, 6) is 0.430. The number of nitrogens with one attached hydrogen (secondary N) is 1. The molecule has 3 heterocycles. The van der Waals surface area contributed by atoms with E-state index >= 15 is 0 Å². The number of rotatable bonds is 3. The molecule has 0 saturated heterocycles. The molecule has 8 nitrogen and oxygen atoms in total. The van der Waals surface area contributed by atoms with Crippen molar-refractivity contribution < 1.29 is 9.21 Å². The number of nitrogens with zero attached hydrogens (tertiary/aromatic N) is 5. The first-order chi connectivity index (χ1) is 12.4. The maximum atomic E-state index is 12.7. The fourth-order valence-electron chi connectivity index (χ4n) is 2.44. The van der Waals surface area contributed by atoms with Gasteiger partial charge in [0.25, 0.3) is 5.91 Å². The third-order valence-electron chi connectivity index (χ3n) is 3.73. The number of carbonyl (C=O) groups is 1. The molecule has 4 aromatic rings. The molecule has 4 rings (SSSR count). The number of hydrogen-bond acceptors (Lipinski definition) is 7. The van der Waals surface area contributed by atoms with Gasteiger partial charge in [-0.2, -0.15) is 4.68 Å². The fraction of sp³-hybridized carbons (Fsp3) is 0.235. The molecule has 1 aromatic carbocycles. The molecule has 0 aliphatic rings. The van der Waals surface area contributed by atoms with Crippen LogP contribution in [0.2, 0.25) is 0 Å². The standard InChI is InChI=1S/C17H16N6O2S/c1-17(2,3)16-20-11-8-10(4-5-13(11)25-16)19-15(24)14-12(6-7-26-14)23-9-18-21-22-23/h4-9H,1-3H3,(H,19,24). The third-order valence-corrected chi connectivity index (χ3v) is 4.64. The molecule has 132 valence electrons. The molecule has 3 aromatic heterocycles. The van der Waals surface area contributed by atoms with E-state index in [4.69, 9.17) is 4.42 Å². The van der Waals surface area contributed by atoms with E-state index in [1.54, 1.807) is 18.2 Å². The average Bonchev–Trinajstić information content (AvgIpc) is 3.32. The Morgan fingerprint density at radius 1 is 1.27 bits per heavy atom. The number of fused-ring (bicyclic) bond motifs is 1. The van der Waals surface area contributed by atoms with Crippen molar-refractivity contribution >= 4 is 34.0 Å². The lowest BCUT2D eigenvalue weighted by molar-refractivity contribution is 0.103. The molecule has 0 atom stereocenters. The number of benzene rings is 1. The highest BCUT2D eigenvalue weighted by molar-refractivity contribution is 7.12. The topological polar surface area (TPSA) is 98.7 Å². The summed E-state index contributed by atoms with van der Waals surface area (Å²) < 4.78 is 7.25. The van der Waals surface area contributed by atoms with Crippen LogP contribution in [0, 0.1) is 0 Å². The van der Waals surface area contributed by atoms with Gasteiger partial charge in [0.1, 0.15) is 16.7 Å². The normalized spacial score (nSPS) is 11.8. The van der Waals surface area contributed by atoms with Gasteiger partial charge in [0.2, 0.25) is 5.89 Å². The SMILES string of the molecule is CC(C)(C)c1nc2cc(NC(=O)c3sccc3-n3cnnn3)ccc2o1. The summed E-state index contributed by atoms with van der Waals surface area (Å²) in [6.45, 7) is 6.12. The molecule has 0 fully saturated rings. The second-order valence-corrected chi connectivity index (χ2v) is 7.71. The van der Waals surface area contributed by atoms with Gasteiger partial charge in [-0.1, -0.05) is 20.8 Å². The number of carbonyl (C=O) groups excluding carboxylic acids is 1. The minimum Gasteiger partial charge on any atom is -0.440 e. The largest absolute Gasteiger partial charge is 0.440 e. The summed E-state index contributed by atoms with van der Waals surface area (Å²) in [7, 11) is 0. The van der Waals surface area contributed by atoms with Gasteiger partial charge in [0.15, 0.2) is 5.58 Å². The zero-order chi connectivity index (χ0) is 18.3. The minimum absolute atomic E-state index is 0.180. The molecular weight excluding hydrogens is 352 g/mol. The van der Waals surface area contributed by atoms with Crippen LogP contribution in [0.15, 0.2) is 40.4 Å². The molecule has 1 N–H and O–H groups in total. The van der Waals surface area contributed by atoms with Crippen molar-refractivity contribution in [3.8, 4) is 5.69 Å². The van der Waals surface area contributed by atoms with Crippen LogP contribution in [0.5, 0.6) is 0 Å². The van der Waals surface area contributed by atoms with Crippen molar-refractivity contribution in [1.29, 1.82) is 0 Å². The molecule has 0 bridgehead atoms. The molecule has 0 spiro atoms. The predicted molar refractivity (Wildman–Crippen MR) is 97.7 cm³/mol.